The molecular formula is C10H10BrN. The van der Waals surface area contributed by atoms with E-state index >= 15 is 0 Å². The standard InChI is InChI=1S/C10H10BrN/c11-10-3-6-1-2-7(10)9-5-12-4-8(6)9/h3-7,12H,1-2H2. The van der Waals surface area contributed by atoms with E-state index in [1.807, 2.05) is 0 Å². The molecule has 4 rings (SSSR count). The van der Waals surface area contributed by atoms with Gasteiger partial charge in [-0.3, -0.25) is 0 Å². The number of fused-ring (bicyclic) bond motifs is 1. The van der Waals surface area contributed by atoms with Crippen LogP contribution < -0.4 is 0 Å². The first-order valence-corrected chi connectivity index (χ1v) is 5.19. The molecule has 0 radical (unpaired) electrons. The third kappa shape index (κ3) is 0.738. The zero-order chi connectivity index (χ0) is 8.13. The minimum Gasteiger partial charge on any atom is -0.367 e. The van der Waals surface area contributed by atoms with Gasteiger partial charge in [0.15, 0.2) is 0 Å². The molecule has 0 spiro atoms. The highest BCUT2D eigenvalue weighted by atomic mass is 79.9. The van der Waals surface area contributed by atoms with E-state index in [1.54, 1.807) is 0 Å². The van der Waals surface area contributed by atoms with Crippen LogP contribution >= 0.6 is 15.9 Å². The van der Waals surface area contributed by atoms with E-state index in [4.69, 9.17) is 0 Å². The second-order valence-corrected chi connectivity index (χ2v) is 4.57. The van der Waals surface area contributed by atoms with E-state index in [1.165, 1.54) is 28.5 Å². The fourth-order valence-electron chi connectivity index (χ4n) is 2.44. The topological polar surface area (TPSA) is 15.8 Å². The summed E-state index contributed by atoms with van der Waals surface area (Å²) >= 11 is 3.65. The molecule has 0 saturated heterocycles. The molecule has 1 aromatic rings. The number of halogens is 1. The SMILES string of the molecule is BrC1=CC2CCC1c1c[nH]cc12. The Balaban J connectivity index is 2.23. The number of rotatable bonds is 0. The highest BCUT2D eigenvalue weighted by molar-refractivity contribution is 9.11. The molecule has 1 nitrogen and oxygen atoms in total. The Labute approximate surface area is 80.0 Å². The maximum Gasteiger partial charge on any atom is 0.0171 e. The molecule has 0 aromatic carbocycles. The van der Waals surface area contributed by atoms with Gasteiger partial charge in [-0.25, -0.2) is 0 Å². The highest BCUT2D eigenvalue weighted by Gasteiger charge is 2.33. The summed E-state index contributed by atoms with van der Waals surface area (Å²) in [5.41, 5.74) is 3.04. The number of nitrogens with one attached hydrogen (secondary N) is 1. The van der Waals surface area contributed by atoms with Crippen molar-refractivity contribution >= 4 is 15.9 Å². The minimum absolute atomic E-state index is 0.649. The smallest absolute Gasteiger partial charge is 0.0171 e. The van der Waals surface area contributed by atoms with Crippen molar-refractivity contribution < 1.29 is 0 Å². The van der Waals surface area contributed by atoms with Gasteiger partial charge in [-0.1, -0.05) is 22.0 Å². The summed E-state index contributed by atoms with van der Waals surface area (Å²) in [5.74, 6) is 1.32. The van der Waals surface area contributed by atoms with Gasteiger partial charge in [0.1, 0.15) is 0 Å². The predicted molar refractivity (Wildman–Crippen MR) is 52.5 cm³/mol. The van der Waals surface area contributed by atoms with Crippen LogP contribution in [0.4, 0.5) is 0 Å². The summed E-state index contributed by atoms with van der Waals surface area (Å²) in [6.07, 6.45) is 9.31. The summed E-state index contributed by atoms with van der Waals surface area (Å²) in [7, 11) is 0. The van der Waals surface area contributed by atoms with Crippen LogP contribution in [0.25, 0.3) is 0 Å². The minimum atomic E-state index is 0.649. The Bertz CT molecular complexity index is 350. The van der Waals surface area contributed by atoms with Crippen molar-refractivity contribution in [2.24, 2.45) is 0 Å². The van der Waals surface area contributed by atoms with Crippen LogP contribution in [0.2, 0.25) is 0 Å². The summed E-state index contributed by atoms with van der Waals surface area (Å²) in [6.45, 7) is 0. The third-order valence-electron chi connectivity index (χ3n) is 3.05. The number of hydrogen-bond acceptors (Lipinski definition) is 0. The van der Waals surface area contributed by atoms with Crippen LogP contribution in [0.1, 0.15) is 35.8 Å². The Morgan fingerprint density at radius 1 is 1.25 bits per heavy atom. The molecule has 0 saturated carbocycles. The molecule has 2 unspecified atom stereocenters. The van der Waals surface area contributed by atoms with Crippen LogP contribution in [-0.2, 0) is 0 Å². The largest absolute Gasteiger partial charge is 0.367 e. The number of hydrogen-bond donors (Lipinski definition) is 1. The van der Waals surface area contributed by atoms with Gasteiger partial charge in [-0.15, -0.1) is 0 Å². The molecule has 0 fully saturated rings. The quantitative estimate of drug-likeness (QED) is 0.696. The first-order chi connectivity index (χ1) is 5.86. The van der Waals surface area contributed by atoms with Crippen LogP contribution in [0.3, 0.4) is 0 Å². The maximum atomic E-state index is 3.65. The molecule has 0 amide bonds. The van der Waals surface area contributed by atoms with Crippen LogP contribution in [0.5, 0.6) is 0 Å². The van der Waals surface area contributed by atoms with E-state index in [0.717, 1.165) is 0 Å². The molecule has 2 heteroatoms. The summed E-state index contributed by atoms with van der Waals surface area (Å²) < 4.78 is 1.39. The van der Waals surface area contributed by atoms with Crippen LogP contribution in [-0.4, -0.2) is 4.98 Å². The average Bonchev–Trinajstić information content (AvgIpc) is 2.53. The lowest BCUT2D eigenvalue weighted by molar-refractivity contribution is 0.552. The van der Waals surface area contributed by atoms with Crippen molar-refractivity contribution in [1.82, 2.24) is 4.98 Å². The lowest BCUT2D eigenvalue weighted by atomic mass is 9.73. The number of aromatic amines is 1. The van der Waals surface area contributed by atoms with Gasteiger partial charge in [0, 0.05) is 24.2 Å². The number of H-pyrrole nitrogens is 1. The lowest BCUT2D eigenvalue weighted by Gasteiger charge is -2.33. The van der Waals surface area contributed by atoms with Crippen molar-refractivity contribution in [3.8, 4) is 0 Å². The Hall–Kier alpha value is -0.500. The second-order valence-electron chi connectivity index (χ2n) is 3.65. The Kier molecular flexibility index (Phi) is 1.31. The van der Waals surface area contributed by atoms with Gasteiger partial charge in [-0.2, -0.15) is 0 Å². The maximum absolute atomic E-state index is 3.65. The van der Waals surface area contributed by atoms with E-state index in [2.05, 4.69) is 39.4 Å². The summed E-state index contributed by atoms with van der Waals surface area (Å²) in [4.78, 5) is 3.21. The third-order valence-corrected chi connectivity index (χ3v) is 3.86. The molecule has 1 heterocycles. The van der Waals surface area contributed by atoms with Crippen LogP contribution in [0, 0.1) is 0 Å². The fourth-order valence-corrected chi connectivity index (χ4v) is 3.23. The molecule has 12 heavy (non-hydrogen) atoms. The monoisotopic (exact) mass is 223 g/mol. The zero-order valence-corrected chi connectivity index (χ0v) is 8.26. The molecule has 0 aliphatic heterocycles. The van der Waals surface area contributed by atoms with Crippen molar-refractivity contribution in [3.05, 3.63) is 34.1 Å². The van der Waals surface area contributed by atoms with E-state index in [9.17, 15) is 0 Å². The van der Waals surface area contributed by atoms with Gasteiger partial charge in [0.25, 0.3) is 0 Å². The molecule has 3 aliphatic carbocycles. The van der Waals surface area contributed by atoms with E-state index in [0.29, 0.717) is 11.8 Å². The first kappa shape index (κ1) is 6.96. The molecule has 1 N–H and O–H groups in total. The molecule has 62 valence electrons. The first-order valence-electron chi connectivity index (χ1n) is 4.40. The predicted octanol–water partition coefficient (Wildman–Crippen LogP) is 3.27. The van der Waals surface area contributed by atoms with Crippen molar-refractivity contribution in [3.63, 3.8) is 0 Å². The Morgan fingerprint density at radius 3 is 2.92 bits per heavy atom. The van der Waals surface area contributed by atoms with E-state index in [-0.39, 0.29) is 0 Å². The van der Waals surface area contributed by atoms with Gasteiger partial charge in [0.05, 0.1) is 0 Å². The van der Waals surface area contributed by atoms with Gasteiger partial charge >= 0.3 is 0 Å². The molecular weight excluding hydrogens is 214 g/mol. The zero-order valence-electron chi connectivity index (χ0n) is 6.68. The second kappa shape index (κ2) is 2.25. The lowest BCUT2D eigenvalue weighted by Crippen LogP contribution is -2.17. The van der Waals surface area contributed by atoms with Gasteiger partial charge in [-0.05, 0) is 28.5 Å². The van der Waals surface area contributed by atoms with Crippen molar-refractivity contribution in [2.45, 2.75) is 24.7 Å². The summed E-state index contributed by atoms with van der Waals surface area (Å²) in [6, 6.07) is 0. The Morgan fingerprint density at radius 2 is 2.08 bits per heavy atom. The van der Waals surface area contributed by atoms with Crippen LogP contribution in [0.15, 0.2) is 23.0 Å². The number of aromatic nitrogens is 1. The molecule has 3 aliphatic rings. The molecule has 1 aromatic heterocycles. The normalized spacial score (nSPS) is 31.6. The van der Waals surface area contributed by atoms with Crippen molar-refractivity contribution in [1.29, 1.82) is 0 Å². The molecule has 2 atom stereocenters. The highest BCUT2D eigenvalue weighted by Crippen LogP contribution is 2.50. The number of allylic oxidation sites excluding steroid dienone is 2. The molecule has 2 bridgehead atoms. The summed E-state index contributed by atoms with van der Waals surface area (Å²) in [5, 5.41) is 0. The van der Waals surface area contributed by atoms with Gasteiger partial charge < -0.3 is 4.98 Å². The average molecular weight is 224 g/mol. The van der Waals surface area contributed by atoms with E-state index < -0.39 is 0 Å². The van der Waals surface area contributed by atoms with Gasteiger partial charge in [0.2, 0.25) is 0 Å². The van der Waals surface area contributed by atoms with Crippen molar-refractivity contribution in [2.75, 3.05) is 0 Å². The fraction of sp³-hybridized carbons (Fsp3) is 0.400.